The Morgan fingerprint density at radius 2 is 2.08 bits per heavy atom. The van der Waals surface area contributed by atoms with Crippen molar-refractivity contribution in [3.63, 3.8) is 0 Å². The third-order valence-corrected chi connectivity index (χ3v) is 3.08. The molecule has 1 aliphatic carbocycles. The first-order chi connectivity index (χ1) is 6.18. The van der Waals surface area contributed by atoms with Gasteiger partial charge in [0.2, 0.25) is 5.91 Å². The van der Waals surface area contributed by atoms with E-state index >= 15 is 0 Å². The van der Waals surface area contributed by atoms with Crippen LogP contribution in [-0.2, 0) is 9.53 Å². The van der Waals surface area contributed by atoms with Gasteiger partial charge in [0.25, 0.3) is 0 Å². The van der Waals surface area contributed by atoms with Crippen molar-refractivity contribution < 1.29 is 9.53 Å². The Balaban J connectivity index is 1.82. The van der Waals surface area contributed by atoms with E-state index in [1.807, 2.05) is 0 Å². The summed E-state index contributed by atoms with van der Waals surface area (Å²) in [5, 5.41) is 3.01. The zero-order valence-electron chi connectivity index (χ0n) is 8.25. The molecular weight excluding hydrogens is 166 g/mol. The molecule has 0 spiro atoms. The standard InChI is InChI=1S/C10H17NO2/c1-6-3-4-13-9(6)10(12)11-8-5-7(8)2/h6-9H,3-5H2,1-2H3,(H,11,12). The molecule has 0 aromatic rings. The van der Waals surface area contributed by atoms with Gasteiger partial charge in [0, 0.05) is 12.6 Å². The molecule has 1 saturated carbocycles. The number of carbonyl (C=O) groups is 1. The lowest BCUT2D eigenvalue weighted by atomic mass is 10.0. The van der Waals surface area contributed by atoms with Crippen LogP contribution in [0.3, 0.4) is 0 Å². The summed E-state index contributed by atoms with van der Waals surface area (Å²) in [7, 11) is 0. The Hall–Kier alpha value is -0.570. The van der Waals surface area contributed by atoms with E-state index in [1.165, 1.54) is 0 Å². The number of nitrogens with one attached hydrogen (secondary N) is 1. The Bertz CT molecular complexity index is 217. The van der Waals surface area contributed by atoms with E-state index in [2.05, 4.69) is 19.2 Å². The molecule has 1 saturated heterocycles. The van der Waals surface area contributed by atoms with Crippen LogP contribution in [0, 0.1) is 11.8 Å². The van der Waals surface area contributed by atoms with Crippen molar-refractivity contribution >= 4 is 5.91 Å². The van der Waals surface area contributed by atoms with E-state index in [9.17, 15) is 4.79 Å². The maximum Gasteiger partial charge on any atom is 0.249 e. The van der Waals surface area contributed by atoms with E-state index in [0.717, 1.165) is 19.4 Å². The summed E-state index contributed by atoms with van der Waals surface area (Å²) in [6.07, 6.45) is 1.96. The van der Waals surface area contributed by atoms with Crippen LogP contribution in [0.4, 0.5) is 0 Å². The molecule has 13 heavy (non-hydrogen) atoms. The molecule has 2 fully saturated rings. The SMILES string of the molecule is CC1CC1NC(=O)C1OCCC1C. The number of carbonyl (C=O) groups excluding carboxylic acids is 1. The maximum atomic E-state index is 11.6. The fourth-order valence-corrected chi connectivity index (χ4v) is 1.82. The van der Waals surface area contributed by atoms with Gasteiger partial charge in [0.05, 0.1) is 0 Å². The molecule has 4 atom stereocenters. The van der Waals surface area contributed by atoms with E-state index < -0.39 is 0 Å². The van der Waals surface area contributed by atoms with Gasteiger partial charge >= 0.3 is 0 Å². The minimum Gasteiger partial charge on any atom is -0.368 e. The van der Waals surface area contributed by atoms with Gasteiger partial charge in [-0.15, -0.1) is 0 Å². The van der Waals surface area contributed by atoms with Crippen molar-refractivity contribution in [2.24, 2.45) is 11.8 Å². The van der Waals surface area contributed by atoms with Gasteiger partial charge in [-0.25, -0.2) is 0 Å². The van der Waals surface area contributed by atoms with Gasteiger partial charge in [0.1, 0.15) is 6.10 Å². The lowest BCUT2D eigenvalue weighted by Crippen LogP contribution is -2.38. The zero-order chi connectivity index (χ0) is 9.42. The summed E-state index contributed by atoms with van der Waals surface area (Å²) in [6.45, 7) is 4.97. The highest BCUT2D eigenvalue weighted by molar-refractivity contribution is 5.81. The molecule has 0 aromatic carbocycles. The number of amides is 1. The average Bonchev–Trinajstić information content (AvgIpc) is 2.62. The molecule has 2 rings (SSSR count). The van der Waals surface area contributed by atoms with Gasteiger partial charge in [0.15, 0.2) is 0 Å². The van der Waals surface area contributed by atoms with Crippen molar-refractivity contribution in [3.8, 4) is 0 Å². The summed E-state index contributed by atoms with van der Waals surface area (Å²) in [5.74, 6) is 1.15. The second-order valence-corrected chi connectivity index (χ2v) is 4.39. The van der Waals surface area contributed by atoms with Gasteiger partial charge in [-0.2, -0.15) is 0 Å². The Morgan fingerprint density at radius 3 is 2.54 bits per heavy atom. The van der Waals surface area contributed by atoms with Crippen molar-refractivity contribution in [3.05, 3.63) is 0 Å². The van der Waals surface area contributed by atoms with Crippen molar-refractivity contribution in [1.82, 2.24) is 5.32 Å². The topological polar surface area (TPSA) is 38.3 Å². The van der Waals surface area contributed by atoms with Gasteiger partial charge in [-0.1, -0.05) is 13.8 Å². The first-order valence-electron chi connectivity index (χ1n) is 5.10. The first-order valence-corrected chi connectivity index (χ1v) is 5.10. The summed E-state index contributed by atoms with van der Waals surface area (Å²) < 4.78 is 5.38. The third-order valence-electron chi connectivity index (χ3n) is 3.08. The predicted octanol–water partition coefficient (Wildman–Crippen LogP) is 0.936. The highest BCUT2D eigenvalue weighted by atomic mass is 16.5. The lowest BCUT2D eigenvalue weighted by molar-refractivity contribution is -0.131. The molecular formula is C10H17NO2. The van der Waals surface area contributed by atoms with Crippen molar-refractivity contribution in [1.29, 1.82) is 0 Å². The second-order valence-electron chi connectivity index (χ2n) is 4.39. The van der Waals surface area contributed by atoms with Crippen LogP contribution in [-0.4, -0.2) is 24.7 Å². The van der Waals surface area contributed by atoms with Crippen molar-refractivity contribution in [2.45, 2.75) is 38.8 Å². The highest BCUT2D eigenvalue weighted by Gasteiger charge is 2.38. The van der Waals surface area contributed by atoms with Crippen LogP contribution in [0.5, 0.6) is 0 Å². The van der Waals surface area contributed by atoms with E-state index in [1.54, 1.807) is 0 Å². The molecule has 0 radical (unpaired) electrons. The van der Waals surface area contributed by atoms with Crippen LogP contribution in [0.1, 0.15) is 26.7 Å². The highest BCUT2D eigenvalue weighted by Crippen LogP contribution is 2.30. The fraction of sp³-hybridized carbons (Fsp3) is 0.900. The van der Waals surface area contributed by atoms with Crippen LogP contribution >= 0.6 is 0 Å². The Kier molecular flexibility index (Phi) is 2.28. The summed E-state index contributed by atoms with van der Waals surface area (Å²) in [6, 6.07) is 0.420. The molecule has 0 aromatic heterocycles. The number of ether oxygens (including phenoxy) is 1. The van der Waals surface area contributed by atoms with Gasteiger partial charge < -0.3 is 10.1 Å². The molecule has 3 nitrogen and oxygen atoms in total. The average molecular weight is 183 g/mol. The molecule has 1 aliphatic heterocycles. The summed E-state index contributed by atoms with van der Waals surface area (Å²) >= 11 is 0. The molecule has 0 bridgehead atoms. The van der Waals surface area contributed by atoms with Gasteiger partial charge in [-0.05, 0) is 24.7 Å². The van der Waals surface area contributed by atoms with Crippen LogP contribution in [0.25, 0.3) is 0 Å². The lowest BCUT2D eigenvalue weighted by Gasteiger charge is -2.13. The number of hydrogen-bond donors (Lipinski definition) is 1. The molecule has 2 aliphatic rings. The summed E-state index contributed by atoms with van der Waals surface area (Å²) in [5.41, 5.74) is 0. The molecule has 74 valence electrons. The fourth-order valence-electron chi connectivity index (χ4n) is 1.82. The summed E-state index contributed by atoms with van der Waals surface area (Å²) in [4.78, 5) is 11.6. The largest absolute Gasteiger partial charge is 0.368 e. The monoisotopic (exact) mass is 183 g/mol. The number of hydrogen-bond acceptors (Lipinski definition) is 2. The first kappa shape index (κ1) is 9.00. The minimum absolute atomic E-state index is 0.0966. The third kappa shape index (κ3) is 1.85. The molecule has 1 N–H and O–H groups in total. The molecule has 3 heteroatoms. The molecule has 1 amide bonds. The Morgan fingerprint density at radius 1 is 1.38 bits per heavy atom. The van der Waals surface area contributed by atoms with E-state index in [-0.39, 0.29) is 12.0 Å². The van der Waals surface area contributed by atoms with Gasteiger partial charge in [-0.3, -0.25) is 4.79 Å². The van der Waals surface area contributed by atoms with E-state index in [4.69, 9.17) is 4.74 Å². The van der Waals surface area contributed by atoms with Crippen LogP contribution in [0.2, 0.25) is 0 Å². The minimum atomic E-state index is -0.187. The normalized spacial score (nSPS) is 43.2. The van der Waals surface area contributed by atoms with Crippen LogP contribution in [0.15, 0.2) is 0 Å². The zero-order valence-corrected chi connectivity index (χ0v) is 8.25. The van der Waals surface area contributed by atoms with E-state index in [0.29, 0.717) is 17.9 Å². The smallest absolute Gasteiger partial charge is 0.249 e. The molecule has 1 heterocycles. The van der Waals surface area contributed by atoms with Crippen molar-refractivity contribution in [2.75, 3.05) is 6.61 Å². The Labute approximate surface area is 78.8 Å². The quantitative estimate of drug-likeness (QED) is 0.691. The van der Waals surface area contributed by atoms with Crippen LogP contribution < -0.4 is 5.32 Å². The molecule has 4 unspecified atom stereocenters. The number of rotatable bonds is 2. The second kappa shape index (κ2) is 3.29. The maximum absolute atomic E-state index is 11.6. The predicted molar refractivity (Wildman–Crippen MR) is 49.2 cm³/mol.